The number of esters is 1. The fraction of sp³-hybridized carbons (Fsp3) is 0.529. The Morgan fingerprint density at radius 3 is 2.50 bits per heavy atom. The molecule has 11 nitrogen and oxygen atoms in total. The molecule has 1 unspecified atom stereocenters. The van der Waals surface area contributed by atoms with Crippen LogP contribution in [0.5, 0.6) is 0 Å². The summed E-state index contributed by atoms with van der Waals surface area (Å²) in [5.41, 5.74) is -2.26. The highest BCUT2D eigenvalue weighted by molar-refractivity contribution is 7.22. The molecule has 0 aliphatic carbocycles. The lowest BCUT2D eigenvalue weighted by Crippen LogP contribution is -2.54. The Bertz CT molecular complexity index is 1760. The van der Waals surface area contributed by atoms with Crippen LogP contribution in [0.4, 0.5) is 0 Å². The van der Waals surface area contributed by atoms with E-state index in [0.29, 0.717) is 39.8 Å². The number of rotatable bonds is 11. The van der Waals surface area contributed by atoms with Crippen molar-refractivity contribution < 1.29 is 28.2 Å². The van der Waals surface area contributed by atoms with Gasteiger partial charge in [-0.3, -0.25) is 9.36 Å². The number of hydrogen-bond acceptors (Lipinski definition) is 10. The van der Waals surface area contributed by atoms with Gasteiger partial charge in [0.25, 0.3) is 5.56 Å². The van der Waals surface area contributed by atoms with E-state index >= 15 is 0 Å². The highest BCUT2D eigenvalue weighted by Gasteiger charge is 2.39. The molecule has 248 valence electrons. The van der Waals surface area contributed by atoms with Crippen molar-refractivity contribution in [1.29, 1.82) is 0 Å². The molecule has 0 radical (unpaired) electrons. The van der Waals surface area contributed by atoms with Gasteiger partial charge in [-0.1, -0.05) is 30.3 Å². The van der Waals surface area contributed by atoms with Crippen molar-refractivity contribution in [2.24, 2.45) is 0 Å². The smallest absolute Gasteiger partial charge is 0.333 e. The Kier molecular flexibility index (Phi) is 10.0. The number of aromatic nitrogens is 3. The highest BCUT2D eigenvalue weighted by atomic mass is 32.1. The van der Waals surface area contributed by atoms with Crippen LogP contribution in [0.3, 0.4) is 0 Å². The van der Waals surface area contributed by atoms with Crippen molar-refractivity contribution in [3.63, 3.8) is 0 Å². The van der Waals surface area contributed by atoms with Gasteiger partial charge >= 0.3 is 11.7 Å². The van der Waals surface area contributed by atoms with Gasteiger partial charge in [-0.15, -0.1) is 11.3 Å². The standard InChI is InChI=1S/C34H43N3O8S/c1-21(20-43-25-15-11-12-17-41-25)44-24(23-13-9-8-10-14-23)19-36-30-26(22(2)27(46-30)28-35-16-18-42-28)29(38)37(32(36)40)34(6,7)31(39)45-33(3,4)5/h8-10,13-14,16,18,21,24-25H,11-12,15,17,19-20H2,1-7H3/t21-,24+,25?/m1/s1. The van der Waals surface area contributed by atoms with Crippen LogP contribution in [-0.4, -0.2) is 51.3 Å². The molecule has 1 aliphatic heterocycles. The number of thiophene rings is 1. The number of carbonyl (C=O) groups is 1. The first kappa shape index (κ1) is 33.8. The lowest BCUT2D eigenvalue weighted by Gasteiger charge is -2.30. The maximum absolute atomic E-state index is 14.5. The molecular formula is C34H43N3O8S. The molecule has 1 aromatic carbocycles. The highest BCUT2D eigenvalue weighted by Crippen LogP contribution is 2.36. The molecule has 0 amide bonds. The Hall–Kier alpha value is -3.58. The maximum Gasteiger partial charge on any atom is 0.333 e. The van der Waals surface area contributed by atoms with Crippen molar-refractivity contribution in [2.75, 3.05) is 13.2 Å². The third-order valence-corrected chi connectivity index (χ3v) is 9.17. The Morgan fingerprint density at radius 1 is 1.13 bits per heavy atom. The number of oxazole rings is 1. The fourth-order valence-corrected chi connectivity index (χ4v) is 6.74. The molecule has 5 rings (SSSR count). The molecule has 0 N–H and O–H groups in total. The SMILES string of the molecule is Cc1c(-c2ncco2)sc2c1c(=O)n(C(C)(C)C(=O)OC(C)(C)C)c(=O)n2C[C@H](O[C@H](C)COC1CCCCO1)c1ccccc1. The normalized spacial score (nSPS) is 17.2. The van der Waals surface area contributed by atoms with Gasteiger partial charge in [0.1, 0.15) is 28.3 Å². The predicted octanol–water partition coefficient (Wildman–Crippen LogP) is 5.95. The van der Waals surface area contributed by atoms with Gasteiger partial charge < -0.3 is 23.4 Å². The van der Waals surface area contributed by atoms with E-state index in [1.54, 1.807) is 27.7 Å². The third kappa shape index (κ3) is 7.20. The molecule has 0 spiro atoms. The van der Waals surface area contributed by atoms with E-state index in [9.17, 15) is 14.4 Å². The van der Waals surface area contributed by atoms with Gasteiger partial charge in [0, 0.05) is 6.61 Å². The summed E-state index contributed by atoms with van der Waals surface area (Å²) in [6, 6.07) is 9.59. The summed E-state index contributed by atoms with van der Waals surface area (Å²) in [4.78, 5) is 47.6. The maximum atomic E-state index is 14.5. The lowest BCUT2D eigenvalue weighted by atomic mass is 10.0. The van der Waals surface area contributed by atoms with E-state index in [0.717, 1.165) is 29.4 Å². The van der Waals surface area contributed by atoms with Crippen molar-refractivity contribution >= 4 is 27.5 Å². The van der Waals surface area contributed by atoms with Crippen molar-refractivity contribution in [3.8, 4) is 10.8 Å². The minimum Gasteiger partial charge on any atom is -0.458 e. The van der Waals surface area contributed by atoms with Crippen LogP contribution in [0.1, 0.15) is 78.0 Å². The third-order valence-electron chi connectivity index (χ3n) is 7.87. The molecule has 1 saturated heterocycles. The summed E-state index contributed by atoms with van der Waals surface area (Å²) in [6.07, 6.45) is 4.68. The first-order chi connectivity index (χ1) is 21.8. The summed E-state index contributed by atoms with van der Waals surface area (Å²) < 4.78 is 32.1. The number of carbonyl (C=O) groups excluding carboxylic acids is 1. The van der Waals surface area contributed by atoms with Crippen LogP contribution in [0.15, 0.2) is 56.8 Å². The van der Waals surface area contributed by atoms with E-state index in [1.807, 2.05) is 37.3 Å². The molecule has 1 fully saturated rings. The molecule has 4 aromatic rings. The minimum absolute atomic E-state index is 0.0548. The zero-order chi connectivity index (χ0) is 33.2. The molecule has 4 heterocycles. The molecule has 12 heteroatoms. The van der Waals surface area contributed by atoms with Gasteiger partial charge in [-0.05, 0) is 78.9 Å². The quantitative estimate of drug-likeness (QED) is 0.181. The van der Waals surface area contributed by atoms with Crippen LogP contribution in [-0.2, 0) is 35.8 Å². The van der Waals surface area contributed by atoms with Crippen LogP contribution >= 0.6 is 11.3 Å². The van der Waals surface area contributed by atoms with E-state index in [-0.39, 0.29) is 18.9 Å². The number of benzene rings is 1. The summed E-state index contributed by atoms with van der Waals surface area (Å²) in [7, 11) is 0. The number of aryl methyl sites for hydroxylation is 1. The number of hydrogen-bond donors (Lipinski definition) is 0. The summed E-state index contributed by atoms with van der Waals surface area (Å²) in [6.45, 7) is 13.0. The zero-order valence-corrected chi connectivity index (χ0v) is 28.3. The predicted molar refractivity (Wildman–Crippen MR) is 175 cm³/mol. The molecule has 1 aliphatic rings. The monoisotopic (exact) mass is 653 g/mol. The van der Waals surface area contributed by atoms with Crippen LogP contribution < -0.4 is 11.2 Å². The van der Waals surface area contributed by atoms with Crippen LogP contribution in [0, 0.1) is 6.92 Å². The van der Waals surface area contributed by atoms with Gasteiger partial charge in [0.05, 0.1) is 35.7 Å². The van der Waals surface area contributed by atoms with Gasteiger partial charge in [0.2, 0.25) is 5.89 Å². The van der Waals surface area contributed by atoms with E-state index in [4.69, 9.17) is 23.4 Å². The fourth-order valence-electron chi connectivity index (χ4n) is 5.50. The lowest BCUT2D eigenvalue weighted by molar-refractivity contribution is -0.183. The molecule has 0 saturated carbocycles. The van der Waals surface area contributed by atoms with Crippen molar-refractivity contribution in [3.05, 3.63) is 74.8 Å². The van der Waals surface area contributed by atoms with Crippen molar-refractivity contribution in [1.82, 2.24) is 14.1 Å². The molecule has 3 atom stereocenters. The van der Waals surface area contributed by atoms with Crippen LogP contribution in [0.2, 0.25) is 0 Å². The largest absolute Gasteiger partial charge is 0.458 e. The zero-order valence-electron chi connectivity index (χ0n) is 27.5. The second-order valence-electron chi connectivity index (χ2n) is 13.1. The Labute approximate surface area is 272 Å². The van der Waals surface area contributed by atoms with Gasteiger partial charge in [-0.25, -0.2) is 19.1 Å². The van der Waals surface area contributed by atoms with E-state index < -0.39 is 34.5 Å². The van der Waals surface area contributed by atoms with Crippen molar-refractivity contribution in [2.45, 2.75) is 104 Å². The number of fused-ring (bicyclic) bond motifs is 1. The molecule has 0 bridgehead atoms. The first-order valence-electron chi connectivity index (χ1n) is 15.6. The Balaban J connectivity index is 1.62. The van der Waals surface area contributed by atoms with E-state index in [1.165, 1.54) is 42.2 Å². The minimum atomic E-state index is -1.63. The Morgan fingerprint density at radius 2 is 1.87 bits per heavy atom. The summed E-state index contributed by atoms with van der Waals surface area (Å²) in [5, 5.41) is 0.298. The average molecular weight is 654 g/mol. The summed E-state index contributed by atoms with van der Waals surface area (Å²) >= 11 is 1.24. The van der Waals surface area contributed by atoms with Gasteiger partial charge in [-0.2, -0.15) is 0 Å². The molecule has 46 heavy (non-hydrogen) atoms. The van der Waals surface area contributed by atoms with E-state index in [2.05, 4.69) is 4.98 Å². The first-order valence-corrected chi connectivity index (χ1v) is 16.5. The topological polar surface area (TPSA) is 124 Å². The second-order valence-corrected chi connectivity index (χ2v) is 14.1. The number of ether oxygens (including phenoxy) is 4. The average Bonchev–Trinajstić information content (AvgIpc) is 3.66. The molecular weight excluding hydrogens is 610 g/mol. The molecule has 3 aromatic heterocycles. The number of nitrogens with zero attached hydrogens (tertiary/aromatic N) is 3. The second kappa shape index (κ2) is 13.6. The van der Waals surface area contributed by atoms with Crippen LogP contribution in [0.25, 0.3) is 21.0 Å². The summed E-state index contributed by atoms with van der Waals surface area (Å²) in [5.74, 6) is -0.362. The van der Waals surface area contributed by atoms with Gasteiger partial charge in [0.15, 0.2) is 6.29 Å².